The van der Waals surface area contributed by atoms with Crippen molar-refractivity contribution in [2.75, 3.05) is 33.4 Å². The van der Waals surface area contributed by atoms with Gasteiger partial charge in [0.15, 0.2) is 12.6 Å². The van der Waals surface area contributed by atoms with Crippen molar-refractivity contribution < 1.29 is 54.3 Å². The van der Waals surface area contributed by atoms with Crippen molar-refractivity contribution in [2.24, 2.45) is 44.4 Å². The third kappa shape index (κ3) is 8.78. The van der Waals surface area contributed by atoms with Crippen LogP contribution in [0, 0.1) is 0 Å². The fourth-order valence-electron chi connectivity index (χ4n) is 5.47. The van der Waals surface area contributed by atoms with Gasteiger partial charge in [-0.25, -0.2) is 0 Å². The van der Waals surface area contributed by atoms with Gasteiger partial charge in [-0.2, -0.15) is 0 Å². The largest absolute Gasteiger partial charge is 0.394 e. The van der Waals surface area contributed by atoms with Gasteiger partial charge >= 0.3 is 0 Å². The van der Waals surface area contributed by atoms with E-state index in [1.54, 1.807) is 0 Å². The molecule has 19 heteroatoms. The summed E-state index contributed by atoms with van der Waals surface area (Å²) >= 11 is 0. The molecule has 0 bridgehead atoms. The Bertz CT molecular complexity index is 952. The van der Waals surface area contributed by atoms with Crippen LogP contribution < -0.4 is 34.4 Å². The van der Waals surface area contributed by atoms with Gasteiger partial charge in [-0.05, 0) is 19.3 Å². The lowest BCUT2D eigenvalue weighted by Crippen LogP contribution is -2.67. The number of ether oxygens (including phenoxy) is 5. The highest BCUT2D eigenvalue weighted by Gasteiger charge is 2.51. The van der Waals surface area contributed by atoms with E-state index in [0.29, 0.717) is 12.8 Å². The highest BCUT2D eigenvalue weighted by atomic mass is 16.7. The Morgan fingerprint density at radius 2 is 1.57 bits per heavy atom. The van der Waals surface area contributed by atoms with Gasteiger partial charge in [0.2, 0.25) is 0 Å². The molecular weight excluding hydrogens is 588 g/mol. The molecule has 0 aromatic carbocycles. The number of aliphatic hydroxyl groups is 6. The van der Waals surface area contributed by atoms with E-state index < -0.39 is 105 Å². The molecule has 3 fully saturated rings. The predicted molar refractivity (Wildman–Crippen MR) is 155 cm³/mol. The Kier molecular flexibility index (Phi) is 14.0. The molecule has 0 radical (unpaired) electrons. The molecule has 1 aliphatic carbocycles. The molecule has 44 heavy (non-hydrogen) atoms. The van der Waals surface area contributed by atoms with Gasteiger partial charge in [0.25, 0.3) is 0 Å². The summed E-state index contributed by atoms with van der Waals surface area (Å²) < 4.78 is 29.2. The average molecular weight is 639 g/mol. The molecule has 1 saturated carbocycles. The number of nitrogens with zero attached hydrogens (tertiary/aromatic N) is 2. The highest BCUT2D eigenvalue weighted by molar-refractivity contribution is 5.85. The number of rotatable bonds is 13. The van der Waals surface area contributed by atoms with E-state index in [-0.39, 0.29) is 31.2 Å². The molecule has 18 N–H and O–H groups in total. The van der Waals surface area contributed by atoms with E-state index in [1.807, 2.05) is 0 Å². The van der Waals surface area contributed by atoms with E-state index in [1.165, 1.54) is 7.11 Å². The van der Waals surface area contributed by atoms with Gasteiger partial charge in [-0.1, -0.05) is 0 Å². The lowest BCUT2D eigenvalue weighted by molar-refractivity contribution is -0.314. The number of hydrogen-bond donors (Lipinski definition) is 12. The van der Waals surface area contributed by atoms with Crippen molar-refractivity contribution in [1.29, 1.82) is 0 Å². The Morgan fingerprint density at radius 1 is 0.886 bits per heavy atom. The molecule has 19 nitrogen and oxygen atoms in total. The second-order valence-corrected chi connectivity index (χ2v) is 11.3. The van der Waals surface area contributed by atoms with Crippen LogP contribution in [0.4, 0.5) is 0 Å². The zero-order chi connectivity index (χ0) is 32.7. The van der Waals surface area contributed by atoms with Crippen molar-refractivity contribution in [2.45, 2.75) is 111 Å². The molecule has 3 rings (SSSR count). The normalized spacial score (nSPS) is 42.2. The molecule has 2 heterocycles. The van der Waals surface area contributed by atoms with Gasteiger partial charge in [0.1, 0.15) is 60.5 Å². The second-order valence-electron chi connectivity index (χ2n) is 11.3. The molecule has 0 amide bonds. The Balaban J connectivity index is 1.82. The molecular formula is C25H50N8O11. The topological polar surface area (TPSA) is 348 Å². The van der Waals surface area contributed by atoms with Crippen molar-refractivity contribution in [1.82, 2.24) is 0 Å². The standard InChI is InChI=1S/C25H50N8O11/c1-40-21-15(8-35)42-25(17(38)16(21)29)44-20-12(33-23(31)13(36)5-26)4-11(28)19(18(20)39)43-24-10(27)3-2-9(41-24)6-32-22(30)14(37)7-34/h9-21,24-25,34-39H,2-8,26-29H2,1H3,(H2,30,32)(H2,31,33). The van der Waals surface area contributed by atoms with Gasteiger partial charge < -0.3 is 88.7 Å². The van der Waals surface area contributed by atoms with Gasteiger partial charge in [0.05, 0.1) is 44.0 Å². The number of hydrogen-bond acceptors (Lipinski definition) is 17. The number of amidine groups is 2. The highest BCUT2D eigenvalue weighted by Crippen LogP contribution is 2.33. The molecule has 0 aromatic heterocycles. The van der Waals surface area contributed by atoms with Crippen LogP contribution in [0.2, 0.25) is 0 Å². The molecule has 2 saturated heterocycles. The Hall–Kier alpha value is -1.66. The number of nitrogens with two attached hydrogens (primary N) is 6. The SMILES string of the molecule is COC1C(CO)OC(OC2C(N=C(N)C(O)CN)CC(N)C(OC3OC(CN=C(N)C(O)CO)CCC3N)C2O)C(O)C1N. The van der Waals surface area contributed by atoms with Crippen molar-refractivity contribution in [3.63, 3.8) is 0 Å². The van der Waals surface area contributed by atoms with Crippen LogP contribution in [0.1, 0.15) is 19.3 Å². The quantitative estimate of drug-likeness (QED) is 0.0658. The zero-order valence-electron chi connectivity index (χ0n) is 24.7. The van der Waals surface area contributed by atoms with Crippen LogP contribution in [0.5, 0.6) is 0 Å². The molecule has 15 unspecified atom stereocenters. The first-order valence-corrected chi connectivity index (χ1v) is 14.5. The van der Waals surface area contributed by atoms with Gasteiger partial charge in [-0.3, -0.25) is 9.98 Å². The van der Waals surface area contributed by atoms with E-state index in [0.717, 1.165) is 0 Å². The fourth-order valence-corrected chi connectivity index (χ4v) is 5.47. The van der Waals surface area contributed by atoms with Crippen LogP contribution in [-0.2, 0) is 23.7 Å². The molecule has 2 aliphatic heterocycles. The number of aliphatic imine (C=N–C) groups is 2. The zero-order valence-corrected chi connectivity index (χ0v) is 24.7. The van der Waals surface area contributed by atoms with Crippen LogP contribution in [-0.4, -0.2) is 167 Å². The van der Waals surface area contributed by atoms with E-state index in [9.17, 15) is 25.5 Å². The summed E-state index contributed by atoms with van der Waals surface area (Å²) in [6.07, 6.45) is -11.7. The molecule has 15 atom stereocenters. The third-order valence-corrected chi connectivity index (χ3v) is 8.12. The average Bonchev–Trinajstić information content (AvgIpc) is 3.01. The maximum Gasteiger partial charge on any atom is 0.186 e. The Labute approximate surface area is 255 Å². The van der Waals surface area contributed by atoms with Crippen LogP contribution >= 0.6 is 0 Å². The first-order valence-electron chi connectivity index (χ1n) is 14.5. The monoisotopic (exact) mass is 638 g/mol. The lowest BCUT2D eigenvalue weighted by atomic mass is 9.84. The first-order chi connectivity index (χ1) is 20.9. The summed E-state index contributed by atoms with van der Waals surface area (Å²) in [6.45, 7) is -1.22. The van der Waals surface area contributed by atoms with Crippen molar-refractivity contribution >= 4 is 11.7 Å². The molecule has 3 aliphatic rings. The van der Waals surface area contributed by atoms with Gasteiger partial charge in [-0.15, -0.1) is 0 Å². The second kappa shape index (κ2) is 16.8. The minimum absolute atomic E-state index is 0.0363. The molecule has 0 aromatic rings. The summed E-state index contributed by atoms with van der Waals surface area (Å²) in [5, 5.41) is 61.1. The summed E-state index contributed by atoms with van der Waals surface area (Å²) in [7, 11) is 1.36. The lowest BCUT2D eigenvalue weighted by Gasteiger charge is -2.48. The Morgan fingerprint density at radius 3 is 2.18 bits per heavy atom. The van der Waals surface area contributed by atoms with Crippen molar-refractivity contribution in [3.8, 4) is 0 Å². The molecule has 256 valence electrons. The summed E-state index contributed by atoms with van der Waals surface area (Å²) in [5.41, 5.74) is 36.0. The van der Waals surface area contributed by atoms with Crippen LogP contribution in [0.25, 0.3) is 0 Å². The number of methoxy groups -OCH3 is 1. The van der Waals surface area contributed by atoms with E-state index in [2.05, 4.69) is 9.98 Å². The van der Waals surface area contributed by atoms with E-state index >= 15 is 0 Å². The van der Waals surface area contributed by atoms with Crippen LogP contribution in [0.15, 0.2) is 9.98 Å². The fraction of sp³-hybridized carbons (Fsp3) is 0.920. The molecule has 0 spiro atoms. The van der Waals surface area contributed by atoms with Crippen LogP contribution in [0.3, 0.4) is 0 Å². The minimum atomic E-state index is -1.51. The minimum Gasteiger partial charge on any atom is -0.394 e. The summed E-state index contributed by atoms with van der Waals surface area (Å²) in [6, 6.07) is -3.42. The van der Waals surface area contributed by atoms with Gasteiger partial charge in [0, 0.05) is 19.7 Å². The smallest absolute Gasteiger partial charge is 0.186 e. The third-order valence-electron chi connectivity index (χ3n) is 8.12. The van der Waals surface area contributed by atoms with E-state index in [4.69, 9.17) is 63.2 Å². The maximum atomic E-state index is 11.6. The predicted octanol–water partition coefficient (Wildman–Crippen LogP) is -7.14. The first kappa shape index (κ1) is 36.8. The maximum absolute atomic E-state index is 11.6. The number of aliphatic hydroxyl groups excluding tert-OH is 6. The summed E-state index contributed by atoms with van der Waals surface area (Å²) in [4.78, 5) is 8.39. The summed E-state index contributed by atoms with van der Waals surface area (Å²) in [5.74, 6) is -0.364. The van der Waals surface area contributed by atoms with Crippen molar-refractivity contribution in [3.05, 3.63) is 0 Å².